The lowest BCUT2D eigenvalue weighted by Crippen LogP contribution is -2.27. The molecule has 2 heterocycles. The first-order chi connectivity index (χ1) is 9.33. The van der Waals surface area contributed by atoms with Gasteiger partial charge in [-0.2, -0.15) is 13.5 Å². The van der Waals surface area contributed by atoms with Gasteiger partial charge >= 0.3 is 10.2 Å². The van der Waals surface area contributed by atoms with Crippen molar-refractivity contribution in [1.29, 1.82) is 0 Å². The van der Waals surface area contributed by atoms with Crippen molar-refractivity contribution in [2.24, 2.45) is 13.0 Å². The lowest BCUT2D eigenvalue weighted by Gasteiger charge is -2.15. The minimum absolute atomic E-state index is 0.0626. The fraction of sp³-hybridized carbons (Fsp3) is 0.667. The van der Waals surface area contributed by atoms with E-state index in [0.29, 0.717) is 11.7 Å². The monoisotopic (exact) mass is 301 g/mol. The van der Waals surface area contributed by atoms with Gasteiger partial charge < -0.3 is 0 Å². The highest BCUT2D eigenvalue weighted by atomic mass is 32.3. The van der Waals surface area contributed by atoms with E-state index < -0.39 is 21.9 Å². The smallest absolute Gasteiger partial charge is 0.297 e. The maximum atomic E-state index is 12.7. The molecule has 1 saturated carbocycles. The summed E-state index contributed by atoms with van der Waals surface area (Å²) in [6.07, 6.45) is 2.30. The summed E-state index contributed by atoms with van der Waals surface area (Å²) < 4.78 is 35.7. The Labute approximate surface area is 116 Å². The van der Waals surface area contributed by atoms with E-state index in [0.717, 1.165) is 18.5 Å². The van der Waals surface area contributed by atoms with Crippen molar-refractivity contribution in [2.45, 2.75) is 25.2 Å². The van der Waals surface area contributed by atoms with Crippen LogP contribution in [0.5, 0.6) is 0 Å². The Morgan fingerprint density at radius 2 is 2.15 bits per heavy atom. The third-order valence-corrected chi connectivity index (χ3v) is 4.66. The van der Waals surface area contributed by atoms with Gasteiger partial charge in [-0.3, -0.25) is 14.4 Å². The molecule has 3 rings (SSSR count). The summed E-state index contributed by atoms with van der Waals surface area (Å²) >= 11 is 0. The predicted octanol–water partition coefficient (Wildman–Crippen LogP) is 0.950. The van der Waals surface area contributed by atoms with E-state index in [-0.39, 0.29) is 18.9 Å². The SMILES string of the molecule is Cn1nc(C2CC2)cc1N1CC(CS(=O)(=O)F)CC1=O. The molecule has 0 N–H and O–H groups in total. The second-order valence-corrected chi connectivity index (χ2v) is 7.02. The summed E-state index contributed by atoms with van der Waals surface area (Å²) in [7, 11) is -2.79. The Hall–Kier alpha value is -1.44. The number of aromatic nitrogens is 2. The van der Waals surface area contributed by atoms with Crippen molar-refractivity contribution in [3.8, 4) is 0 Å². The van der Waals surface area contributed by atoms with E-state index in [4.69, 9.17) is 0 Å². The molecule has 0 spiro atoms. The summed E-state index contributed by atoms with van der Waals surface area (Å²) in [6.45, 7) is 0.228. The number of halogens is 1. The summed E-state index contributed by atoms with van der Waals surface area (Å²) in [4.78, 5) is 13.5. The molecule has 110 valence electrons. The largest absolute Gasteiger partial charge is 0.302 e. The Bertz CT molecular complexity index is 651. The molecular formula is C12H16FN3O3S. The molecule has 1 aromatic rings. The van der Waals surface area contributed by atoms with Crippen molar-refractivity contribution >= 4 is 21.9 Å². The number of rotatable bonds is 4. The van der Waals surface area contributed by atoms with E-state index in [9.17, 15) is 17.1 Å². The van der Waals surface area contributed by atoms with Crippen LogP contribution >= 0.6 is 0 Å². The molecule has 20 heavy (non-hydrogen) atoms. The molecule has 1 aromatic heterocycles. The van der Waals surface area contributed by atoms with Crippen LogP contribution in [0.2, 0.25) is 0 Å². The number of hydrogen-bond donors (Lipinski definition) is 0. The average molecular weight is 301 g/mol. The maximum Gasteiger partial charge on any atom is 0.302 e. The van der Waals surface area contributed by atoms with E-state index in [2.05, 4.69) is 5.10 Å². The molecule has 0 radical (unpaired) electrons. The number of anilines is 1. The summed E-state index contributed by atoms with van der Waals surface area (Å²) in [5.41, 5.74) is 0.969. The fourth-order valence-electron chi connectivity index (χ4n) is 2.71. The number of nitrogens with zero attached hydrogens (tertiary/aromatic N) is 3. The fourth-order valence-corrected chi connectivity index (χ4v) is 3.49. The maximum absolute atomic E-state index is 12.7. The van der Waals surface area contributed by atoms with Gasteiger partial charge in [-0.25, -0.2) is 0 Å². The minimum Gasteiger partial charge on any atom is -0.297 e. The van der Waals surface area contributed by atoms with Crippen molar-refractivity contribution in [3.05, 3.63) is 11.8 Å². The van der Waals surface area contributed by atoms with Crippen molar-refractivity contribution in [1.82, 2.24) is 9.78 Å². The van der Waals surface area contributed by atoms with Crippen molar-refractivity contribution < 1.29 is 17.1 Å². The first kappa shape index (κ1) is 13.5. The zero-order valence-electron chi connectivity index (χ0n) is 11.1. The highest BCUT2D eigenvalue weighted by molar-refractivity contribution is 7.86. The highest BCUT2D eigenvalue weighted by Crippen LogP contribution is 2.40. The van der Waals surface area contributed by atoms with Crippen LogP contribution < -0.4 is 4.90 Å². The van der Waals surface area contributed by atoms with Crippen LogP contribution in [0.15, 0.2) is 6.07 Å². The topological polar surface area (TPSA) is 72.3 Å². The van der Waals surface area contributed by atoms with Crippen LogP contribution in [0.25, 0.3) is 0 Å². The van der Waals surface area contributed by atoms with Gasteiger partial charge in [0.15, 0.2) is 0 Å². The Kier molecular flexibility index (Phi) is 3.07. The number of aryl methyl sites for hydroxylation is 1. The van der Waals surface area contributed by atoms with Gasteiger partial charge in [-0.1, -0.05) is 0 Å². The molecule has 1 atom stereocenters. The van der Waals surface area contributed by atoms with Gasteiger partial charge in [0, 0.05) is 37.9 Å². The van der Waals surface area contributed by atoms with E-state index in [1.807, 2.05) is 6.07 Å². The normalized spacial score (nSPS) is 23.6. The van der Waals surface area contributed by atoms with Crippen molar-refractivity contribution in [2.75, 3.05) is 17.2 Å². The van der Waals surface area contributed by atoms with Gasteiger partial charge in [-0.15, -0.1) is 3.89 Å². The first-order valence-electron chi connectivity index (χ1n) is 6.60. The van der Waals surface area contributed by atoms with Gasteiger partial charge in [0.1, 0.15) is 5.82 Å². The molecule has 0 aromatic carbocycles. The molecule has 1 aliphatic carbocycles. The molecule has 1 amide bonds. The predicted molar refractivity (Wildman–Crippen MR) is 70.5 cm³/mol. The number of carbonyl (C=O) groups excluding carboxylic acids is 1. The zero-order valence-corrected chi connectivity index (χ0v) is 11.9. The molecule has 2 aliphatic rings. The molecule has 2 fully saturated rings. The molecule has 1 saturated heterocycles. The number of amides is 1. The van der Waals surface area contributed by atoms with Crippen LogP contribution in [-0.4, -0.2) is 36.4 Å². The second-order valence-electron chi connectivity index (χ2n) is 5.61. The number of carbonyl (C=O) groups is 1. The molecule has 8 heteroatoms. The van der Waals surface area contributed by atoms with Crippen molar-refractivity contribution in [3.63, 3.8) is 0 Å². The van der Waals surface area contributed by atoms with E-state index in [1.54, 1.807) is 11.7 Å². The highest BCUT2D eigenvalue weighted by Gasteiger charge is 2.36. The molecule has 0 bridgehead atoms. The second kappa shape index (κ2) is 4.54. The van der Waals surface area contributed by atoms with Gasteiger partial charge in [0.05, 0.1) is 11.4 Å². The minimum atomic E-state index is -4.55. The lowest BCUT2D eigenvalue weighted by molar-refractivity contribution is -0.117. The van der Waals surface area contributed by atoms with Gasteiger partial charge in [0.25, 0.3) is 0 Å². The molecular weight excluding hydrogens is 285 g/mol. The van der Waals surface area contributed by atoms with Crippen LogP contribution in [0.1, 0.15) is 30.9 Å². The van der Waals surface area contributed by atoms with E-state index >= 15 is 0 Å². The zero-order chi connectivity index (χ0) is 14.5. The van der Waals surface area contributed by atoms with Gasteiger partial charge in [-0.05, 0) is 12.8 Å². The Morgan fingerprint density at radius 1 is 1.45 bits per heavy atom. The average Bonchev–Trinajstić information content (AvgIpc) is 3.00. The standard InChI is InChI=1S/C12H16FN3O3S/c1-15-11(5-10(14-15)9-2-3-9)16-6-8(4-12(16)17)7-20(13,18)19/h5,8-9H,2-4,6-7H2,1H3. The Balaban J connectivity index is 1.78. The third-order valence-electron chi connectivity index (χ3n) is 3.79. The summed E-state index contributed by atoms with van der Waals surface area (Å²) in [6, 6.07) is 1.88. The third kappa shape index (κ3) is 2.70. The van der Waals surface area contributed by atoms with E-state index in [1.165, 1.54) is 4.90 Å². The number of hydrogen-bond acceptors (Lipinski definition) is 4. The quantitative estimate of drug-likeness (QED) is 0.776. The van der Waals surface area contributed by atoms with Crippen LogP contribution in [0.4, 0.5) is 9.70 Å². The first-order valence-corrected chi connectivity index (χ1v) is 8.15. The summed E-state index contributed by atoms with van der Waals surface area (Å²) in [5.74, 6) is -0.117. The van der Waals surface area contributed by atoms with Gasteiger partial charge in [0.2, 0.25) is 5.91 Å². The molecule has 1 aliphatic heterocycles. The summed E-state index contributed by atoms with van der Waals surface area (Å²) in [5, 5.41) is 4.38. The molecule has 1 unspecified atom stereocenters. The van der Waals surface area contributed by atoms with Crippen LogP contribution in [0, 0.1) is 5.92 Å². The lowest BCUT2D eigenvalue weighted by atomic mass is 10.1. The Morgan fingerprint density at radius 3 is 2.75 bits per heavy atom. The van der Waals surface area contributed by atoms with Crippen LogP contribution in [0.3, 0.4) is 0 Å². The van der Waals surface area contributed by atoms with Crippen LogP contribution in [-0.2, 0) is 22.1 Å². The molecule has 6 nitrogen and oxygen atoms in total.